The number of thiophene rings is 1. The smallest absolute Gasteiger partial charge is 0.342 e. The van der Waals surface area contributed by atoms with Gasteiger partial charge in [0.2, 0.25) is 5.91 Å². The molecule has 2 amide bonds. The molecule has 1 atom stereocenters. The molecule has 0 aliphatic heterocycles. The first-order chi connectivity index (χ1) is 12.2. The van der Waals surface area contributed by atoms with E-state index in [0.717, 1.165) is 16.0 Å². The lowest BCUT2D eigenvalue weighted by Crippen LogP contribution is -2.30. The van der Waals surface area contributed by atoms with Gasteiger partial charge in [0.1, 0.15) is 5.00 Å². The van der Waals surface area contributed by atoms with E-state index in [9.17, 15) is 14.4 Å². The minimum atomic E-state index is -0.978. The summed E-state index contributed by atoms with van der Waals surface area (Å²) in [4.78, 5) is 37.1. The first-order valence-electron chi connectivity index (χ1n) is 8.15. The number of carbonyl (C=O) groups excluding carboxylic acids is 3. The molecule has 2 rings (SSSR count). The molecule has 7 heteroatoms. The van der Waals surface area contributed by atoms with E-state index in [1.807, 2.05) is 26.0 Å². The summed E-state index contributed by atoms with van der Waals surface area (Å²) < 4.78 is 5.31. The zero-order valence-electron chi connectivity index (χ0n) is 15.4. The lowest BCUT2D eigenvalue weighted by Gasteiger charge is -2.14. The number of esters is 1. The van der Waals surface area contributed by atoms with E-state index >= 15 is 0 Å². The van der Waals surface area contributed by atoms with Crippen molar-refractivity contribution in [3.05, 3.63) is 45.8 Å². The molecule has 0 saturated heterocycles. The summed E-state index contributed by atoms with van der Waals surface area (Å²) in [7, 11) is 0. The summed E-state index contributed by atoms with van der Waals surface area (Å²) in [5.74, 6) is -1.33. The number of ether oxygens (including phenoxy) is 1. The van der Waals surface area contributed by atoms with Crippen LogP contribution in [0.15, 0.2) is 24.3 Å². The van der Waals surface area contributed by atoms with Crippen LogP contribution in [0.4, 0.5) is 10.7 Å². The van der Waals surface area contributed by atoms with E-state index in [0.29, 0.717) is 10.7 Å². The Kier molecular flexibility index (Phi) is 6.15. The number of amides is 2. The summed E-state index contributed by atoms with van der Waals surface area (Å²) in [6.07, 6.45) is -0.978. The molecule has 2 aromatic rings. The fraction of sp³-hybridized carbons (Fsp3) is 0.316. The highest BCUT2D eigenvalue weighted by molar-refractivity contribution is 7.16. The Labute approximate surface area is 156 Å². The van der Waals surface area contributed by atoms with Gasteiger partial charge in [-0.2, -0.15) is 0 Å². The van der Waals surface area contributed by atoms with E-state index in [4.69, 9.17) is 4.74 Å². The molecule has 6 nitrogen and oxygen atoms in total. The third-order valence-electron chi connectivity index (χ3n) is 3.85. The fourth-order valence-electron chi connectivity index (χ4n) is 2.27. The van der Waals surface area contributed by atoms with Gasteiger partial charge >= 0.3 is 5.97 Å². The number of anilines is 2. The molecular weight excluding hydrogens is 352 g/mol. The molecule has 138 valence electrons. The van der Waals surface area contributed by atoms with Gasteiger partial charge in [-0.3, -0.25) is 9.59 Å². The molecular formula is C19H22N2O4S. The third kappa shape index (κ3) is 4.70. The summed E-state index contributed by atoms with van der Waals surface area (Å²) in [5, 5.41) is 5.78. The summed E-state index contributed by atoms with van der Waals surface area (Å²) >= 11 is 1.30. The van der Waals surface area contributed by atoms with E-state index in [1.54, 1.807) is 19.1 Å². The summed E-state index contributed by atoms with van der Waals surface area (Å²) in [5.41, 5.74) is 2.73. The normalized spacial score (nSPS) is 11.6. The van der Waals surface area contributed by atoms with Crippen LogP contribution in [0, 0.1) is 20.8 Å². The third-order valence-corrected chi connectivity index (χ3v) is 4.97. The standard InChI is InChI=1S/C19H22N2O4S/c1-10-6-8-15(9-7-10)21-17(23)12(3)25-19(24)16-11(2)13(4)26-18(16)20-14(5)22/h6-9,12H,1-5H3,(H,20,22)(H,21,23)/t12-/m0/s1. The highest BCUT2D eigenvalue weighted by Gasteiger charge is 2.25. The minimum Gasteiger partial charge on any atom is -0.449 e. The van der Waals surface area contributed by atoms with Gasteiger partial charge in [-0.1, -0.05) is 17.7 Å². The van der Waals surface area contributed by atoms with Gasteiger partial charge in [-0.05, 0) is 45.4 Å². The summed E-state index contributed by atoms with van der Waals surface area (Å²) in [6, 6.07) is 7.32. The van der Waals surface area contributed by atoms with Gasteiger partial charge < -0.3 is 15.4 Å². The quantitative estimate of drug-likeness (QED) is 0.779. The lowest BCUT2D eigenvalue weighted by atomic mass is 10.1. The minimum absolute atomic E-state index is 0.273. The molecule has 0 unspecified atom stereocenters. The van der Waals surface area contributed by atoms with Crippen molar-refractivity contribution in [3.8, 4) is 0 Å². The van der Waals surface area contributed by atoms with Gasteiger partial charge in [0.25, 0.3) is 5.91 Å². The number of aryl methyl sites for hydroxylation is 2. The maximum Gasteiger partial charge on any atom is 0.342 e. The molecule has 2 N–H and O–H groups in total. The number of benzene rings is 1. The Morgan fingerprint density at radius 1 is 1.04 bits per heavy atom. The van der Waals surface area contributed by atoms with Crippen LogP contribution in [0.1, 0.15) is 40.2 Å². The van der Waals surface area contributed by atoms with Crippen molar-refractivity contribution >= 4 is 39.8 Å². The van der Waals surface area contributed by atoms with Crippen LogP contribution in [0.3, 0.4) is 0 Å². The molecule has 0 spiro atoms. The molecule has 1 aromatic carbocycles. The number of carbonyl (C=O) groups is 3. The highest BCUT2D eigenvalue weighted by Crippen LogP contribution is 2.33. The summed E-state index contributed by atoms with van der Waals surface area (Å²) in [6.45, 7) is 8.47. The molecule has 26 heavy (non-hydrogen) atoms. The number of rotatable bonds is 5. The molecule has 0 bridgehead atoms. The number of hydrogen-bond donors (Lipinski definition) is 2. The van der Waals surface area contributed by atoms with Crippen LogP contribution in [-0.2, 0) is 14.3 Å². The monoisotopic (exact) mass is 374 g/mol. The largest absolute Gasteiger partial charge is 0.449 e. The highest BCUT2D eigenvalue weighted by atomic mass is 32.1. The Balaban J connectivity index is 2.10. The fourth-order valence-corrected chi connectivity index (χ4v) is 3.37. The second-order valence-corrected chi connectivity index (χ2v) is 7.30. The van der Waals surface area contributed by atoms with Crippen molar-refractivity contribution in [1.29, 1.82) is 0 Å². The van der Waals surface area contributed by atoms with Gasteiger partial charge in [0.05, 0.1) is 5.56 Å². The first kappa shape index (κ1) is 19.7. The van der Waals surface area contributed by atoms with Gasteiger partial charge in [-0.25, -0.2) is 4.79 Å². The molecule has 1 heterocycles. The molecule has 0 saturated carbocycles. The van der Waals surface area contributed by atoms with Crippen LogP contribution in [0.2, 0.25) is 0 Å². The zero-order valence-corrected chi connectivity index (χ0v) is 16.2. The van der Waals surface area contributed by atoms with Crippen LogP contribution >= 0.6 is 11.3 Å². The maximum absolute atomic E-state index is 12.5. The molecule has 1 aromatic heterocycles. The second kappa shape index (κ2) is 8.14. The van der Waals surface area contributed by atoms with Crippen molar-refractivity contribution in [1.82, 2.24) is 0 Å². The Bertz CT molecular complexity index is 840. The number of hydrogen-bond acceptors (Lipinski definition) is 5. The lowest BCUT2D eigenvalue weighted by molar-refractivity contribution is -0.123. The second-order valence-electron chi connectivity index (χ2n) is 6.07. The molecule has 0 aliphatic carbocycles. The molecule has 0 fully saturated rings. The van der Waals surface area contributed by atoms with Crippen LogP contribution in [0.5, 0.6) is 0 Å². The van der Waals surface area contributed by atoms with E-state index in [1.165, 1.54) is 25.2 Å². The van der Waals surface area contributed by atoms with E-state index in [-0.39, 0.29) is 11.5 Å². The topological polar surface area (TPSA) is 84.5 Å². The average Bonchev–Trinajstić information content (AvgIpc) is 2.82. The predicted molar refractivity (Wildman–Crippen MR) is 103 cm³/mol. The Morgan fingerprint density at radius 3 is 2.23 bits per heavy atom. The first-order valence-corrected chi connectivity index (χ1v) is 8.96. The maximum atomic E-state index is 12.5. The molecule has 0 radical (unpaired) electrons. The van der Waals surface area contributed by atoms with Crippen molar-refractivity contribution in [3.63, 3.8) is 0 Å². The van der Waals surface area contributed by atoms with E-state index < -0.39 is 18.0 Å². The van der Waals surface area contributed by atoms with Gasteiger partial charge in [-0.15, -0.1) is 11.3 Å². The van der Waals surface area contributed by atoms with Crippen LogP contribution < -0.4 is 10.6 Å². The zero-order chi connectivity index (χ0) is 19.4. The predicted octanol–water partition coefficient (Wildman–Crippen LogP) is 3.82. The van der Waals surface area contributed by atoms with Gasteiger partial charge in [0.15, 0.2) is 6.10 Å². The molecule has 0 aliphatic rings. The van der Waals surface area contributed by atoms with Crippen molar-refractivity contribution in [2.75, 3.05) is 10.6 Å². The Morgan fingerprint density at radius 2 is 1.65 bits per heavy atom. The SMILES string of the molecule is CC(=O)Nc1sc(C)c(C)c1C(=O)O[C@@H](C)C(=O)Nc1ccc(C)cc1. The van der Waals surface area contributed by atoms with E-state index in [2.05, 4.69) is 10.6 Å². The van der Waals surface area contributed by atoms with Gasteiger partial charge in [0, 0.05) is 17.5 Å². The number of nitrogens with one attached hydrogen (secondary N) is 2. The Hall–Kier alpha value is -2.67. The van der Waals surface area contributed by atoms with Crippen molar-refractivity contribution < 1.29 is 19.1 Å². The van der Waals surface area contributed by atoms with Crippen LogP contribution in [0.25, 0.3) is 0 Å². The average molecular weight is 374 g/mol. The van der Waals surface area contributed by atoms with Crippen LogP contribution in [-0.4, -0.2) is 23.9 Å². The van der Waals surface area contributed by atoms with Crippen molar-refractivity contribution in [2.24, 2.45) is 0 Å². The van der Waals surface area contributed by atoms with Crippen molar-refractivity contribution in [2.45, 2.75) is 40.7 Å².